The number of ether oxygens (including phenoxy) is 1. The van der Waals surface area contributed by atoms with E-state index in [1.807, 2.05) is 0 Å². The van der Waals surface area contributed by atoms with Crippen molar-refractivity contribution in [2.24, 2.45) is 11.3 Å². The minimum Gasteiger partial charge on any atom is -0.381 e. The topological polar surface area (TPSA) is 9.23 Å². The summed E-state index contributed by atoms with van der Waals surface area (Å²) in [5.74, 6) is 0.697. The van der Waals surface area contributed by atoms with Gasteiger partial charge in [-0.05, 0) is 37.5 Å². The van der Waals surface area contributed by atoms with Crippen molar-refractivity contribution in [3.8, 4) is 0 Å². The molecule has 1 fully saturated rings. The molecule has 78 valence electrons. The van der Waals surface area contributed by atoms with Gasteiger partial charge in [0.25, 0.3) is 0 Å². The van der Waals surface area contributed by atoms with Crippen molar-refractivity contribution < 1.29 is 4.74 Å². The zero-order chi connectivity index (χ0) is 9.90. The first-order valence-corrected chi connectivity index (χ1v) is 5.68. The summed E-state index contributed by atoms with van der Waals surface area (Å²) in [6.45, 7) is 8.57. The Morgan fingerprint density at radius 1 is 1.54 bits per heavy atom. The molecule has 0 saturated carbocycles. The Hall–Kier alpha value is 0.250. The van der Waals surface area contributed by atoms with E-state index in [0.29, 0.717) is 11.3 Å². The molecule has 2 unspecified atom stereocenters. The largest absolute Gasteiger partial charge is 0.381 e. The highest BCUT2D eigenvalue weighted by Crippen LogP contribution is 2.37. The van der Waals surface area contributed by atoms with Gasteiger partial charge in [0.1, 0.15) is 0 Å². The lowest BCUT2D eigenvalue weighted by atomic mass is 9.73. The van der Waals surface area contributed by atoms with Gasteiger partial charge < -0.3 is 4.74 Å². The van der Waals surface area contributed by atoms with E-state index in [1.54, 1.807) is 0 Å². The van der Waals surface area contributed by atoms with Gasteiger partial charge in [-0.1, -0.05) is 13.8 Å². The van der Waals surface area contributed by atoms with Gasteiger partial charge >= 0.3 is 0 Å². The maximum absolute atomic E-state index is 6.04. The normalized spacial score (nSPS) is 27.2. The van der Waals surface area contributed by atoms with Crippen molar-refractivity contribution in [2.45, 2.75) is 45.4 Å². The Balaban J connectivity index is 2.45. The molecule has 2 atom stereocenters. The van der Waals surface area contributed by atoms with E-state index < -0.39 is 0 Å². The molecule has 0 aromatic rings. The van der Waals surface area contributed by atoms with Crippen LogP contribution in [0.15, 0.2) is 0 Å². The van der Waals surface area contributed by atoms with E-state index in [0.717, 1.165) is 19.6 Å². The predicted molar refractivity (Wildman–Crippen MR) is 57.3 cm³/mol. The SMILES string of the molecule is CC(Cl)CC(C)(C)C1CCCOC1. The van der Waals surface area contributed by atoms with Crippen LogP contribution in [0.5, 0.6) is 0 Å². The van der Waals surface area contributed by atoms with Crippen molar-refractivity contribution in [1.82, 2.24) is 0 Å². The summed E-state index contributed by atoms with van der Waals surface area (Å²) in [5, 5.41) is 0.275. The van der Waals surface area contributed by atoms with Crippen LogP contribution in [0.3, 0.4) is 0 Å². The first-order valence-electron chi connectivity index (χ1n) is 5.24. The van der Waals surface area contributed by atoms with Crippen LogP contribution in [0.25, 0.3) is 0 Å². The standard InChI is InChI=1S/C11H21ClO/c1-9(12)7-11(2,3)10-5-4-6-13-8-10/h9-10H,4-8H2,1-3H3. The van der Waals surface area contributed by atoms with Gasteiger partial charge in [0.2, 0.25) is 0 Å². The lowest BCUT2D eigenvalue weighted by molar-refractivity contribution is 0.000965. The van der Waals surface area contributed by atoms with E-state index in [1.165, 1.54) is 12.8 Å². The Bertz CT molecular complexity index is 148. The zero-order valence-corrected chi connectivity index (χ0v) is 9.73. The lowest BCUT2D eigenvalue weighted by Crippen LogP contribution is -2.33. The van der Waals surface area contributed by atoms with Gasteiger partial charge in [-0.3, -0.25) is 0 Å². The predicted octanol–water partition coefficient (Wildman–Crippen LogP) is 3.46. The van der Waals surface area contributed by atoms with Crippen molar-refractivity contribution in [3.05, 3.63) is 0 Å². The molecule has 0 bridgehead atoms. The van der Waals surface area contributed by atoms with Crippen LogP contribution < -0.4 is 0 Å². The third-order valence-electron chi connectivity index (χ3n) is 3.07. The van der Waals surface area contributed by atoms with Crippen LogP contribution in [0, 0.1) is 11.3 Å². The monoisotopic (exact) mass is 204 g/mol. The second-order valence-corrected chi connectivity index (χ2v) is 5.63. The van der Waals surface area contributed by atoms with E-state index >= 15 is 0 Å². The van der Waals surface area contributed by atoms with Crippen LogP contribution in [0.2, 0.25) is 0 Å². The molecule has 1 rings (SSSR count). The van der Waals surface area contributed by atoms with Gasteiger partial charge in [0.05, 0.1) is 0 Å². The van der Waals surface area contributed by atoms with E-state index in [4.69, 9.17) is 16.3 Å². The second-order valence-electron chi connectivity index (χ2n) is 4.89. The van der Waals surface area contributed by atoms with Crippen LogP contribution in [0.4, 0.5) is 0 Å². The molecular formula is C11H21ClO. The van der Waals surface area contributed by atoms with E-state index in [9.17, 15) is 0 Å². The number of rotatable bonds is 3. The minimum atomic E-state index is 0.275. The Labute approximate surface area is 86.8 Å². The molecular weight excluding hydrogens is 184 g/mol. The van der Waals surface area contributed by atoms with Gasteiger partial charge in [-0.25, -0.2) is 0 Å². The maximum Gasteiger partial charge on any atom is 0.0499 e. The first kappa shape index (κ1) is 11.3. The number of alkyl halides is 1. The molecule has 1 aliphatic rings. The average Bonchev–Trinajstić information content (AvgIpc) is 2.04. The molecule has 0 aromatic carbocycles. The fraction of sp³-hybridized carbons (Fsp3) is 1.00. The van der Waals surface area contributed by atoms with Crippen LogP contribution in [-0.4, -0.2) is 18.6 Å². The first-order chi connectivity index (χ1) is 6.02. The molecule has 0 amide bonds. The highest BCUT2D eigenvalue weighted by atomic mass is 35.5. The average molecular weight is 205 g/mol. The molecule has 0 aromatic heterocycles. The number of hydrogen-bond acceptors (Lipinski definition) is 1. The molecule has 13 heavy (non-hydrogen) atoms. The van der Waals surface area contributed by atoms with Gasteiger partial charge in [-0.15, -0.1) is 11.6 Å². The zero-order valence-electron chi connectivity index (χ0n) is 8.98. The van der Waals surface area contributed by atoms with Crippen LogP contribution in [-0.2, 0) is 4.74 Å². The molecule has 0 N–H and O–H groups in total. The summed E-state index contributed by atoms with van der Waals surface area (Å²) in [6, 6.07) is 0. The van der Waals surface area contributed by atoms with E-state index in [2.05, 4.69) is 20.8 Å². The highest BCUT2D eigenvalue weighted by Gasteiger charge is 2.31. The quantitative estimate of drug-likeness (QED) is 0.640. The molecule has 0 aliphatic carbocycles. The van der Waals surface area contributed by atoms with Crippen LogP contribution in [0.1, 0.15) is 40.0 Å². The molecule has 0 spiro atoms. The summed E-state index contributed by atoms with van der Waals surface area (Å²) < 4.78 is 5.51. The Morgan fingerprint density at radius 3 is 2.69 bits per heavy atom. The second kappa shape index (κ2) is 4.65. The molecule has 1 saturated heterocycles. The Kier molecular flexibility index (Phi) is 4.06. The highest BCUT2D eigenvalue weighted by molar-refractivity contribution is 6.20. The minimum absolute atomic E-state index is 0.275. The summed E-state index contributed by atoms with van der Waals surface area (Å²) in [6.07, 6.45) is 3.60. The maximum atomic E-state index is 6.04. The summed E-state index contributed by atoms with van der Waals surface area (Å²) >= 11 is 6.04. The number of halogens is 1. The van der Waals surface area contributed by atoms with Gasteiger partial charge in [0.15, 0.2) is 0 Å². The van der Waals surface area contributed by atoms with Gasteiger partial charge in [0, 0.05) is 18.6 Å². The van der Waals surface area contributed by atoms with Crippen molar-refractivity contribution >= 4 is 11.6 Å². The summed E-state index contributed by atoms with van der Waals surface area (Å²) in [7, 11) is 0. The van der Waals surface area contributed by atoms with Crippen LogP contribution >= 0.6 is 11.6 Å². The lowest BCUT2D eigenvalue weighted by Gasteiger charge is -2.37. The molecule has 2 heteroatoms. The smallest absolute Gasteiger partial charge is 0.0499 e. The summed E-state index contributed by atoms with van der Waals surface area (Å²) in [5.41, 5.74) is 0.335. The van der Waals surface area contributed by atoms with Crippen molar-refractivity contribution in [1.29, 1.82) is 0 Å². The third-order valence-corrected chi connectivity index (χ3v) is 3.23. The molecule has 0 radical (unpaired) electrons. The fourth-order valence-corrected chi connectivity index (χ4v) is 2.65. The van der Waals surface area contributed by atoms with Crippen molar-refractivity contribution in [2.75, 3.05) is 13.2 Å². The number of hydrogen-bond donors (Lipinski definition) is 0. The van der Waals surface area contributed by atoms with E-state index in [-0.39, 0.29) is 5.38 Å². The third kappa shape index (κ3) is 3.47. The summed E-state index contributed by atoms with van der Waals surface area (Å²) in [4.78, 5) is 0. The molecule has 1 aliphatic heterocycles. The van der Waals surface area contributed by atoms with Gasteiger partial charge in [-0.2, -0.15) is 0 Å². The molecule has 1 nitrogen and oxygen atoms in total. The molecule has 1 heterocycles. The van der Waals surface area contributed by atoms with Crippen molar-refractivity contribution in [3.63, 3.8) is 0 Å². The fourth-order valence-electron chi connectivity index (χ4n) is 2.25. The Morgan fingerprint density at radius 2 is 2.23 bits per heavy atom.